The summed E-state index contributed by atoms with van der Waals surface area (Å²) >= 11 is 0. The number of pyridine rings is 1. The summed E-state index contributed by atoms with van der Waals surface area (Å²) in [4.78, 5) is 6.34. The van der Waals surface area contributed by atoms with Crippen LogP contribution in [-0.4, -0.2) is 22.3 Å². The Morgan fingerprint density at radius 3 is 2.79 bits per heavy atom. The summed E-state index contributed by atoms with van der Waals surface area (Å²) in [6.45, 7) is 0.673. The van der Waals surface area contributed by atoms with Gasteiger partial charge in [0.2, 0.25) is 0 Å². The number of anilines is 2. The fourth-order valence-corrected chi connectivity index (χ4v) is 2.00. The third-order valence-corrected chi connectivity index (χ3v) is 2.96. The van der Waals surface area contributed by atoms with E-state index in [0.29, 0.717) is 23.3 Å². The molecular formula is C13H13N5O. The van der Waals surface area contributed by atoms with Gasteiger partial charge in [0, 0.05) is 13.2 Å². The van der Waals surface area contributed by atoms with Crippen molar-refractivity contribution in [3.63, 3.8) is 0 Å². The highest BCUT2D eigenvalue weighted by molar-refractivity contribution is 5.95. The highest BCUT2D eigenvalue weighted by Crippen LogP contribution is 2.28. The molecule has 2 heterocycles. The molecule has 0 unspecified atom stereocenters. The molecular weight excluding hydrogens is 242 g/mol. The standard InChI is InChI=1S/C13H13N5O/c1-18(8-9-4-2-3-7-15-9)11-6-5-10(14)12-13(11)17-19-16-12/h2-7H,8,14H2,1H3. The van der Waals surface area contributed by atoms with Crippen molar-refractivity contribution >= 4 is 22.4 Å². The third kappa shape index (κ3) is 2.08. The summed E-state index contributed by atoms with van der Waals surface area (Å²) in [5.74, 6) is 0. The Labute approximate surface area is 109 Å². The summed E-state index contributed by atoms with van der Waals surface area (Å²) in [5, 5.41) is 7.73. The summed E-state index contributed by atoms with van der Waals surface area (Å²) in [7, 11) is 1.97. The zero-order valence-corrected chi connectivity index (χ0v) is 10.4. The van der Waals surface area contributed by atoms with E-state index in [0.717, 1.165) is 11.4 Å². The number of hydrogen-bond donors (Lipinski definition) is 1. The van der Waals surface area contributed by atoms with Crippen molar-refractivity contribution in [1.29, 1.82) is 0 Å². The van der Waals surface area contributed by atoms with Gasteiger partial charge in [0.05, 0.1) is 23.6 Å². The van der Waals surface area contributed by atoms with Gasteiger partial charge in [0.25, 0.3) is 0 Å². The molecule has 3 rings (SSSR count). The predicted octanol–water partition coefficient (Wildman–Crippen LogP) is 1.84. The van der Waals surface area contributed by atoms with Gasteiger partial charge >= 0.3 is 0 Å². The number of nitrogen functional groups attached to an aromatic ring is 1. The number of nitrogens with two attached hydrogens (primary N) is 1. The molecule has 1 aromatic carbocycles. The van der Waals surface area contributed by atoms with Crippen LogP contribution >= 0.6 is 0 Å². The van der Waals surface area contributed by atoms with Gasteiger partial charge in [-0.25, -0.2) is 4.63 Å². The Hall–Kier alpha value is -2.63. The van der Waals surface area contributed by atoms with E-state index in [1.54, 1.807) is 12.3 Å². The second-order valence-electron chi connectivity index (χ2n) is 4.31. The Kier molecular flexibility index (Phi) is 2.75. The number of fused-ring (bicyclic) bond motifs is 1. The van der Waals surface area contributed by atoms with Crippen molar-refractivity contribution in [2.75, 3.05) is 17.7 Å². The number of nitrogens with zero attached hydrogens (tertiary/aromatic N) is 4. The van der Waals surface area contributed by atoms with Crippen LogP contribution in [-0.2, 0) is 6.54 Å². The molecule has 0 fully saturated rings. The molecule has 0 saturated heterocycles. The molecule has 0 bridgehead atoms. The van der Waals surface area contributed by atoms with Gasteiger partial charge in [-0.1, -0.05) is 6.07 Å². The van der Waals surface area contributed by atoms with Crippen molar-refractivity contribution < 1.29 is 4.63 Å². The number of aromatic nitrogens is 3. The molecule has 0 aliphatic rings. The monoisotopic (exact) mass is 255 g/mol. The van der Waals surface area contributed by atoms with Crippen LogP contribution in [0.4, 0.5) is 11.4 Å². The largest absolute Gasteiger partial charge is 0.397 e. The van der Waals surface area contributed by atoms with Gasteiger partial charge in [-0.3, -0.25) is 4.98 Å². The van der Waals surface area contributed by atoms with E-state index in [4.69, 9.17) is 10.4 Å². The van der Waals surface area contributed by atoms with Crippen LogP contribution in [0.3, 0.4) is 0 Å². The first kappa shape index (κ1) is 11.5. The quantitative estimate of drug-likeness (QED) is 0.719. The molecule has 0 saturated carbocycles. The molecule has 0 aliphatic heterocycles. The van der Waals surface area contributed by atoms with Gasteiger partial charge < -0.3 is 10.6 Å². The van der Waals surface area contributed by atoms with Gasteiger partial charge in [0.15, 0.2) is 11.0 Å². The van der Waals surface area contributed by atoms with Crippen molar-refractivity contribution in [3.05, 3.63) is 42.2 Å². The minimum absolute atomic E-state index is 0.561. The van der Waals surface area contributed by atoms with Gasteiger partial charge in [-0.05, 0) is 34.6 Å². The van der Waals surface area contributed by atoms with Crippen molar-refractivity contribution in [2.45, 2.75) is 6.54 Å². The first-order valence-corrected chi connectivity index (χ1v) is 5.87. The second kappa shape index (κ2) is 4.56. The lowest BCUT2D eigenvalue weighted by Crippen LogP contribution is -2.17. The number of hydrogen-bond acceptors (Lipinski definition) is 6. The molecule has 0 radical (unpaired) electrons. The summed E-state index contributed by atoms with van der Waals surface area (Å²) in [5.41, 5.74) is 9.53. The lowest BCUT2D eigenvalue weighted by molar-refractivity contribution is 0.315. The van der Waals surface area contributed by atoms with Gasteiger partial charge in [-0.2, -0.15) is 0 Å². The number of rotatable bonds is 3. The van der Waals surface area contributed by atoms with Crippen LogP contribution in [0, 0.1) is 0 Å². The summed E-state index contributed by atoms with van der Waals surface area (Å²) in [6, 6.07) is 9.55. The molecule has 6 nitrogen and oxygen atoms in total. The molecule has 3 aromatic rings. The molecule has 96 valence electrons. The molecule has 0 atom stereocenters. The zero-order chi connectivity index (χ0) is 13.2. The van der Waals surface area contributed by atoms with Gasteiger partial charge in [0.1, 0.15) is 0 Å². The Morgan fingerprint density at radius 2 is 2.00 bits per heavy atom. The maximum atomic E-state index is 5.83. The van der Waals surface area contributed by atoms with E-state index in [1.165, 1.54) is 0 Å². The molecule has 6 heteroatoms. The topological polar surface area (TPSA) is 81.1 Å². The summed E-state index contributed by atoms with van der Waals surface area (Å²) in [6.07, 6.45) is 1.78. The van der Waals surface area contributed by atoms with Crippen LogP contribution in [0.5, 0.6) is 0 Å². The minimum atomic E-state index is 0.561. The van der Waals surface area contributed by atoms with Crippen molar-refractivity contribution in [1.82, 2.24) is 15.3 Å². The zero-order valence-electron chi connectivity index (χ0n) is 10.4. The fraction of sp³-hybridized carbons (Fsp3) is 0.154. The molecule has 0 aliphatic carbocycles. The Morgan fingerprint density at radius 1 is 1.16 bits per heavy atom. The average Bonchev–Trinajstić information content (AvgIpc) is 2.90. The summed E-state index contributed by atoms with van der Waals surface area (Å²) < 4.78 is 4.76. The number of benzene rings is 1. The van der Waals surface area contributed by atoms with E-state index in [2.05, 4.69) is 15.3 Å². The molecule has 2 aromatic heterocycles. The first-order chi connectivity index (χ1) is 9.25. The van der Waals surface area contributed by atoms with E-state index in [9.17, 15) is 0 Å². The van der Waals surface area contributed by atoms with Crippen LogP contribution in [0.25, 0.3) is 11.0 Å². The highest BCUT2D eigenvalue weighted by Gasteiger charge is 2.13. The minimum Gasteiger partial charge on any atom is -0.397 e. The third-order valence-electron chi connectivity index (χ3n) is 2.96. The molecule has 2 N–H and O–H groups in total. The maximum absolute atomic E-state index is 5.83. The Bertz CT molecular complexity index is 695. The van der Waals surface area contributed by atoms with Gasteiger partial charge in [-0.15, -0.1) is 0 Å². The van der Waals surface area contributed by atoms with Crippen LogP contribution in [0.1, 0.15) is 5.69 Å². The lowest BCUT2D eigenvalue weighted by atomic mass is 10.2. The normalized spacial score (nSPS) is 10.8. The molecule has 0 spiro atoms. The van der Waals surface area contributed by atoms with E-state index >= 15 is 0 Å². The van der Waals surface area contributed by atoms with Crippen molar-refractivity contribution in [3.8, 4) is 0 Å². The van der Waals surface area contributed by atoms with E-state index < -0.39 is 0 Å². The van der Waals surface area contributed by atoms with E-state index in [1.807, 2.05) is 36.2 Å². The smallest absolute Gasteiger partial charge is 0.160 e. The fourth-order valence-electron chi connectivity index (χ4n) is 2.00. The highest BCUT2D eigenvalue weighted by atomic mass is 16.6. The molecule has 19 heavy (non-hydrogen) atoms. The lowest BCUT2D eigenvalue weighted by Gasteiger charge is -2.18. The van der Waals surface area contributed by atoms with E-state index in [-0.39, 0.29) is 0 Å². The van der Waals surface area contributed by atoms with Crippen molar-refractivity contribution in [2.24, 2.45) is 0 Å². The van der Waals surface area contributed by atoms with Crippen LogP contribution in [0.2, 0.25) is 0 Å². The Balaban J connectivity index is 1.96. The molecule has 0 amide bonds. The first-order valence-electron chi connectivity index (χ1n) is 5.87. The average molecular weight is 255 g/mol. The predicted molar refractivity (Wildman–Crippen MR) is 72.6 cm³/mol. The SMILES string of the molecule is CN(Cc1ccccn1)c1ccc(N)c2nonc12. The second-order valence-corrected chi connectivity index (χ2v) is 4.31. The van der Waals surface area contributed by atoms with Crippen LogP contribution in [0.15, 0.2) is 41.2 Å². The maximum Gasteiger partial charge on any atom is 0.160 e. The van der Waals surface area contributed by atoms with Crippen LogP contribution < -0.4 is 10.6 Å².